The summed E-state index contributed by atoms with van der Waals surface area (Å²) in [6, 6.07) is 3.85. The van der Waals surface area contributed by atoms with Crippen LogP contribution in [0.25, 0.3) is 0 Å². The number of halogens is 1. The molecule has 0 amide bonds. The van der Waals surface area contributed by atoms with Crippen molar-refractivity contribution in [2.45, 2.75) is 66.2 Å². The number of aryl methyl sites for hydroxylation is 2. The van der Waals surface area contributed by atoms with Crippen LogP contribution in [0, 0.1) is 20.8 Å². The van der Waals surface area contributed by atoms with Gasteiger partial charge in [-0.05, 0) is 56.0 Å². The van der Waals surface area contributed by atoms with Crippen molar-refractivity contribution in [3.8, 4) is 0 Å². The van der Waals surface area contributed by atoms with E-state index in [0.29, 0.717) is 12.2 Å². The second kappa shape index (κ2) is 10.7. The van der Waals surface area contributed by atoms with Gasteiger partial charge in [0.25, 0.3) is 0 Å². The Morgan fingerprint density at radius 3 is 2.05 bits per heavy atom. The molecule has 0 radical (unpaired) electrons. The maximum atomic E-state index is 12.0. The lowest BCUT2D eigenvalue weighted by Crippen LogP contribution is -2.07. The molecule has 0 aliphatic rings. The van der Waals surface area contributed by atoms with Gasteiger partial charge in [-0.1, -0.05) is 39.0 Å². The third-order valence-electron chi connectivity index (χ3n) is 3.89. The van der Waals surface area contributed by atoms with Gasteiger partial charge in [0.05, 0.1) is 12.2 Å². The van der Waals surface area contributed by atoms with Crippen LogP contribution in [0.4, 0.5) is 0 Å². The molecule has 0 saturated carbocycles. The smallest absolute Gasteiger partial charge is 0.338 e. The summed E-state index contributed by atoms with van der Waals surface area (Å²) in [5, 5.41) is 0. The molecule has 0 fully saturated rings. The van der Waals surface area contributed by atoms with Crippen LogP contribution in [0.2, 0.25) is 0 Å². The summed E-state index contributed by atoms with van der Waals surface area (Å²) in [4.78, 5) is 12.0. The highest BCUT2D eigenvalue weighted by Crippen LogP contribution is 2.16. The van der Waals surface area contributed by atoms with E-state index in [1.54, 1.807) is 0 Å². The Morgan fingerprint density at radius 2 is 1.48 bits per heavy atom. The number of carbonyl (C=O) groups is 1. The first-order chi connectivity index (χ1) is 9.56. The molecule has 0 spiro atoms. The number of carbonyl (C=O) groups excluding carboxylic acids is 1. The molecule has 21 heavy (non-hydrogen) atoms. The monoisotopic (exact) mass is 312 g/mol. The van der Waals surface area contributed by atoms with E-state index in [-0.39, 0.29) is 18.4 Å². The van der Waals surface area contributed by atoms with Gasteiger partial charge in [-0.3, -0.25) is 0 Å². The third kappa shape index (κ3) is 6.99. The van der Waals surface area contributed by atoms with Gasteiger partial charge in [-0.15, -0.1) is 12.4 Å². The van der Waals surface area contributed by atoms with E-state index in [9.17, 15) is 4.79 Å². The van der Waals surface area contributed by atoms with Crippen LogP contribution in [0.15, 0.2) is 12.1 Å². The number of hydrogen-bond acceptors (Lipinski definition) is 2. The number of unbranched alkanes of at least 4 members (excludes halogenated alkanes) is 5. The standard InChI is InChI=1S/C18H28O2.ClH/c1-5-6-7-8-9-10-11-20-18(19)17-12-14(2)16(4)15(3)13-17;/h12-13H,5-11H2,1-4H3;1H. The molecule has 0 saturated heterocycles. The van der Waals surface area contributed by atoms with Crippen molar-refractivity contribution in [3.63, 3.8) is 0 Å². The minimum Gasteiger partial charge on any atom is -0.462 e. The Kier molecular flexibility index (Phi) is 10.2. The van der Waals surface area contributed by atoms with Crippen LogP contribution < -0.4 is 0 Å². The normalized spacial score (nSPS) is 10.1. The fourth-order valence-corrected chi connectivity index (χ4v) is 2.28. The number of hydrogen-bond donors (Lipinski definition) is 0. The van der Waals surface area contributed by atoms with E-state index in [4.69, 9.17) is 4.74 Å². The summed E-state index contributed by atoms with van der Waals surface area (Å²) in [5.74, 6) is -0.190. The molecule has 0 aliphatic carbocycles. The summed E-state index contributed by atoms with van der Waals surface area (Å²) in [6.07, 6.45) is 7.23. The second-order valence-corrected chi connectivity index (χ2v) is 5.64. The minimum atomic E-state index is -0.190. The van der Waals surface area contributed by atoms with Gasteiger partial charge in [0.1, 0.15) is 0 Å². The number of esters is 1. The van der Waals surface area contributed by atoms with Gasteiger partial charge in [0.15, 0.2) is 0 Å². The lowest BCUT2D eigenvalue weighted by Gasteiger charge is -2.09. The first kappa shape index (κ1) is 20.0. The maximum Gasteiger partial charge on any atom is 0.338 e. The fraction of sp³-hybridized carbons (Fsp3) is 0.611. The van der Waals surface area contributed by atoms with E-state index in [2.05, 4.69) is 13.8 Å². The molecule has 0 bridgehead atoms. The fourth-order valence-electron chi connectivity index (χ4n) is 2.28. The van der Waals surface area contributed by atoms with Crippen LogP contribution in [0.1, 0.15) is 72.5 Å². The second-order valence-electron chi connectivity index (χ2n) is 5.64. The van der Waals surface area contributed by atoms with Crippen molar-refractivity contribution in [2.75, 3.05) is 6.61 Å². The SMILES string of the molecule is CCCCCCCCOC(=O)c1cc(C)c(C)c(C)c1.Cl. The van der Waals surface area contributed by atoms with Crippen LogP contribution in [0.3, 0.4) is 0 Å². The molecule has 0 aromatic heterocycles. The highest BCUT2D eigenvalue weighted by atomic mass is 35.5. The molecule has 120 valence electrons. The zero-order valence-electron chi connectivity index (χ0n) is 13.8. The average Bonchev–Trinajstić information content (AvgIpc) is 2.43. The summed E-state index contributed by atoms with van der Waals surface area (Å²) in [5.41, 5.74) is 4.22. The molecule has 0 unspecified atom stereocenters. The van der Waals surface area contributed by atoms with E-state index < -0.39 is 0 Å². The Labute approximate surface area is 135 Å². The number of benzene rings is 1. The van der Waals surface area contributed by atoms with E-state index in [1.807, 2.05) is 26.0 Å². The molecule has 0 N–H and O–H groups in total. The van der Waals surface area contributed by atoms with Gasteiger partial charge in [-0.25, -0.2) is 4.79 Å². The lowest BCUT2D eigenvalue weighted by atomic mass is 10.0. The summed E-state index contributed by atoms with van der Waals surface area (Å²) < 4.78 is 5.35. The molecule has 0 aliphatic heterocycles. The van der Waals surface area contributed by atoms with Crippen LogP contribution in [-0.4, -0.2) is 12.6 Å². The number of rotatable bonds is 8. The molecule has 0 heterocycles. The first-order valence-corrected chi connectivity index (χ1v) is 7.81. The van der Waals surface area contributed by atoms with E-state index in [0.717, 1.165) is 24.0 Å². The van der Waals surface area contributed by atoms with Crippen LogP contribution in [-0.2, 0) is 4.74 Å². The average molecular weight is 313 g/mol. The van der Waals surface area contributed by atoms with Gasteiger partial charge in [0, 0.05) is 0 Å². The molecule has 2 nitrogen and oxygen atoms in total. The predicted molar refractivity (Wildman–Crippen MR) is 91.6 cm³/mol. The van der Waals surface area contributed by atoms with Crippen molar-refractivity contribution in [1.29, 1.82) is 0 Å². The van der Waals surface area contributed by atoms with Crippen molar-refractivity contribution in [2.24, 2.45) is 0 Å². The van der Waals surface area contributed by atoms with Crippen molar-refractivity contribution < 1.29 is 9.53 Å². The van der Waals surface area contributed by atoms with Gasteiger partial charge >= 0.3 is 5.97 Å². The predicted octanol–water partition coefficient (Wildman–Crippen LogP) is 5.55. The number of ether oxygens (including phenoxy) is 1. The Bertz CT molecular complexity index is 418. The first-order valence-electron chi connectivity index (χ1n) is 7.81. The van der Waals surface area contributed by atoms with E-state index in [1.165, 1.54) is 31.2 Å². The zero-order valence-corrected chi connectivity index (χ0v) is 14.6. The van der Waals surface area contributed by atoms with Crippen LogP contribution in [0.5, 0.6) is 0 Å². The molecule has 1 aromatic carbocycles. The Balaban J connectivity index is 0.00000400. The van der Waals surface area contributed by atoms with E-state index >= 15 is 0 Å². The maximum absolute atomic E-state index is 12.0. The summed E-state index contributed by atoms with van der Waals surface area (Å²) in [7, 11) is 0. The highest BCUT2D eigenvalue weighted by Gasteiger charge is 2.09. The van der Waals surface area contributed by atoms with Gasteiger partial charge in [-0.2, -0.15) is 0 Å². The molecule has 1 aromatic rings. The molecular formula is C18H29ClO2. The van der Waals surface area contributed by atoms with Crippen molar-refractivity contribution in [1.82, 2.24) is 0 Å². The molecule has 1 rings (SSSR count). The molecule has 0 atom stereocenters. The van der Waals surface area contributed by atoms with Gasteiger partial charge in [0.2, 0.25) is 0 Å². The van der Waals surface area contributed by atoms with Crippen molar-refractivity contribution >= 4 is 18.4 Å². The summed E-state index contributed by atoms with van der Waals surface area (Å²) >= 11 is 0. The van der Waals surface area contributed by atoms with Gasteiger partial charge < -0.3 is 4.74 Å². The zero-order chi connectivity index (χ0) is 15.0. The Hall–Kier alpha value is -1.02. The molecular weight excluding hydrogens is 284 g/mol. The highest BCUT2D eigenvalue weighted by molar-refractivity contribution is 5.90. The third-order valence-corrected chi connectivity index (χ3v) is 3.89. The lowest BCUT2D eigenvalue weighted by molar-refractivity contribution is 0.0497. The summed E-state index contributed by atoms with van der Waals surface area (Å²) in [6.45, 7) is 8.90. The minimum absolute atomic E-state index is 0. The molecule has 3 heteroatoms. The van der Waals surface area contributed by atoms with Crippen LogP contribution >= 0.6 is 12.4 Å². The quantitative estimate of drug-likeness (QED) is 0.464. The Morgan fingerprint density at radius 1 is 0.952 bits per heavy atom. The topological polar surface area (TPSA) is 26.3 Å². The largest absolute Gasteiger partial charge is 0.462 e. The van der Waals surface area contributed by atoms with Crippen molar-refractivity contribution in [3.05, 3.63) is 34.4 Å².